The Balaban J connectivity index is 2.04. The van der Waals surface area contributed by atoms with E-state index in [0.717, 1.165) is 20.5 Å². The first kappa shape index (κ1) is 14.1. The molecular weight excluding hydrogens is 405 g/mol. The van der Waals surface area contributed by atoms with E-state index in [1.165, 1.54) is 5.56 Å². The van der Waals surface area contributed by atoms with Gasteiger partial charge in [-0.2, -0.15) is 0 Å². The second-order valence-electron chi connectivity index (χ2n) is 4.69. The number of benzene rings is 1. The van der Waals surface area contributed by atoms with E-state index in [1.807, 2.05) is 12.1 Å². The maximum atomic E-state index is 5.55. The van der Waals surface area contributed by atoms with E-state index < -0.39 is 0 Å². The maximum absolute atomic E-state index is 5.55. The van der Waals surface area contributed by atoms with Crippen molar-refractivity contribution in [2.24, 2.45) is 0 Å². The lowest BCUT2D eigenvalue weighted by Crippen LogP contribution is -2.35. The average molecular weight is 420 g/mol. The summed E-state index contributed by atoms with van der Waals surface area (Å²) < 4.78 is 7.57. The molecule has 0 fully saturated rings. The fraction of sp³-hybridized carbons (Fsp3) is 0.286. The number of rotatable bonds is 4. The highest BCUT2D eigenvalue weighted by Gasteiger charge is 2.19. The quantitative estimate of drug-likeness (QED) is 0.728. The van der Waals surface area contributed by atoms with E-state index in [4.69, 9.17) is 4.42 Å². The summed E-state index contributed by atoms with van der Waals surface area (Å²) in [5.74, 6) is 0.963. The van der Waals surface area contributed by atoms with Gasteiger partial charge in [0.25, 0.3) is 0 Å². The average Bonchev–Trinajstić information content (AvgIpc) is 2.73. The first-order valence-corrected chi connectivity index (χ1v) is 7.60. The van der Waals surface area contributed by atoms with E-state index in [9.17, 15) is 0 Å². The van der Waals surface area contributed by atoms with Crippen LogP contribution in [0.5, 0.6) is 0 Å². The van der Waals surface area contributed by atoms with Gasteiger partial charge in [0.05, 0.1) is 6.54 Å². The van der Waals surface area contributed by atoms with Crippen molar-refractivity contribution < 1.29 is 4.42 Å². The molecule has 0 unspecified atom stereocenters. The molecule has 0 aliphatic carbocycles. The molecule has 1 N–H and O–H groups in total. The number of furan rings is 1. The largest absolute Gasteiger partial charge is 0.454 e. The van der Waals surface area contributed by atoms with Crippen LogP contribution in [0.25, 0.3) is 0 Å². The standard InChI is InChI=1S/C14H15BrINO/c1-14(2,10-3-5-11(15)6-4-10)17-9-12-7-8-13(16)18-12/h3-8,17H,9H2,1-2H3. The van der Waals surface area contributed by atoms with Crippen molar-refractivity contribution in [3.05, 3.63) is 56.0 Å². The van der Waals surface area contributed by atoms with Crippen LogP contribution in [0, 0.1) is 3.77 Å². The SMILES string of the molecule is CC(C)(NCc1ccc(I)o1)c1ccc(Br)cc1. The first-order chi connectivity index (χ1) is 8.47. The van der Waals surface area contributed by atoms with Crippen LogP contribution in [-0.4, -0.2) is 0 Å². The van der Waals surface area contributed by atoms with Crippen molar-refractivity contribution in [2.45, 2.75) is 25.9 Å². The van der Waals surface area contributed by atoms with Crippen LogP contribution in [-0.2, 0) is 12.1 Å². The zero-order valence-corrected chi connectivity index (χ0v) is 14.1. The molecule has 0 spiro atoms. The van der Waals surface area contributed by atoms with Crippen LogP contribution < -0.4 is 5.32 Å². The van der Waals surface area contributed by atoms with Gasteiger partial charge in [-0.3, -0.25) is 0 Å². The van der Waals surface area contributed by atoms with E-state index >= 15 is 0 Å². The third-order valence-electron chi connectivity index (χ3n) is 2.90. The smallest absolute Gasteiger partial charge is 0.164 e. The van der Waals surface area contributed by atoms with Crippen LogP contribution in [0.1, 0.15) is 25.2 Å². The molecular formula is C14H15BrINO. The molecule has 2 nitrogen and oxygen atoms in total. The molecule has 0 amide bonds. The van der Waals surface area contributed by atoms with Crippen molar-refractivity contribution in [2.75, 3.05) is 0 Å². The summed E-state index contributed by atoms with van der Waals surface area (Å²) in [6, 6.07) is 12.4. The normalized spacial score (nSPS) is 11.8. The molecule has 0 bridgehead atoms. The number of hydrogen-bond acceptors (Lipinski definition) is 2. The van der Waals surface area contributed by atoms with Gasteiger partial charge in [-0.05, 0) is 66.3 Å². The monoisotopic (exact) mass is 419 g/mol. The summed E-state index contributed by atoms with van der Waals surface area (Å²) in [6.07, 6.45) is 0. The first-order valence-electron chi connectivity index (χ1n) is 5.73. The van der Waals surface area contributed by atoms with Gasteiger partial charge in [-0.15, -0.1) is 0 Å². The molecule has 96 valence electrons. The van der Waals surface area contributed by atoms with Gasteiger partial charge in [0, 0.05) is 10.0 Å². The highest BCUT2D eigenvalue weighted by atomic mass is 127. The van der Waals surface area contributed by atoms with Gasteiger partial charge in [0.1, 0.15) is 5.76 Å². The van der Waals surface area contributed by atoms with Gasteiger partial charge in [0.2, 0.25) is 0 Å². The van der Waals surface area contributed by atoms with Crippen molar-refractivity contribution in [1.29, 1.82) is 0 Å². The van der Waals surface area contributed by atoms with Gasteiger partial charge in [-0.1, -0.05) is 28.1 Å². The highest BCUT2D eigenvalue weighted by molar-refractivity contribution is 14.1. The minimum Gasteiger partial charge on any atom is -0.454 e. The Kier molecular flexibility index (Phi) is 4.50. The molecule has 0 saturated carbocycles. The number of hydrogen-bond donors (Lipinski definition) is 1. The molecule has 2 aromatic rings. The molecule has 1 heterocycles. The summed E-state index contributed by atoms with van der Waals surface area (Å²) >= 11 is 5.63. The molecule has 0 aliphatic rings. The fourth-order valence-electron chi connectivity index (χ4n) is 1.72. The lowest BCUT2D eigenvalue weighted by Gasteiger charge is -2.26. The molecule has 18 heavy (non-hydrogen) atoms. The number of nitrogens with one attached hydrogen (secondary N) is 1. The Hall–Kier alpha value is -0.330. The number of halogens is 2. The summed E-state index contributed by atoms with van der Waals surface area (Å²) in [5, 5.41) is 3.51. The molecule has 1 aromatic heterocycles. The summed E-state index contributed by atoms with van der Waals surface area (Å²) in [6.45, 7) is 5.07. The Morgan fingerprint density at radius 1 is 1.17 bits per heavy atom. The minimum atomic E-state index is -0.0844. The lowest BCUT2D eigenvalue weighted by molar-refractivity contribution is 0.366. The van der Waals surface area contributed by atoms with Gasteiger partial charge >= 0.3 is 0 Å². The molecule has 0 aliphatic heterocycles. The van der Waals surface area contributed by atoms with Crippen molar-refractivity contribution >= 4 is 38.5 Å². The summed E-state index contributed by atoms with van der Waals surface area (Å²) in [5.41, 5.74) is 1.17. The van der Waals surface area contributed by atoms with E-state index in [0.29, 0.717) is 0 Å². The summed E-state index contributed by atoms with van der Waals surface area (Å²) in [7, 11) is 0. The Morgan fingerprint density at radius 2 is 1.83 bits per heavy atom. The molecule has 4 heteroatoms. The van der Waals surface area contributed by atoms with Crippen molar-refractivity contribution in [1.82, 2.24) is 5.32 Å². The Morgan fingerprint density at radius 3 is 2.39 bits per heavy atom. The van der Waals surface area contributed by atoms with Crippen LogP contribution in [0.3, 0.4) is 0 Å². The molecule has 0 saturated heterocycles. The van der Waals surface area contributed by atoms with Crippen LogP contribution in [0.15, 0.2) is 45.3 Å². The van der Waals surface area contributed by atoms with Crippen molar-refractivity contribution in [3.63, 3.8) is 0 Å². The third-order valence-corrected chi connectivity index (χ3v) is 4.01. The van der Waals surface area contributed by atoms with Gasteiger partial charge < -0.3 is 9.73 Å². The lowest BCUT2D eigenvalue weighted by atomic mass is 9.94. The summed E-state index contributed by atoms with van der Waals surface area (Å²) in [4.78, 5) is 0. The predicted octanol–water partition coefficient (Wildman–Crippen LogP) is 4.67. The zero-order chi connectivity index (χ0) is 13.2. The van der Waals surface area contributed by atoms with E-state index in [-0.39, 0.29) is 5.54 Å². The Bertz CT molecular complexity index is 519. The molecule has 1 aromatic carbocycles. The zero-order valence-electron chi connectivity index (χ0n) is 10.3. The van der Waals surface area contributed by atoms with E-state index in [1.54, 1.807) is 0 Å². The second kappa shape index (κ2) is 5.75. The Labute approximate surface area is 129 Å². The van der Waals surface area contributed by atoms with Crippen LogP contribution in [0.2, 0.25) is 0 Å². The maximum Gasteiger partial charge on any atom is 0.164 e. The topological polar surface area (TPSA) is 25.2 Å². The second-order valence-corrected chi connectivity index (χ2v) is 6.67. The van der Waals surface area contributed by atoms with Gasteiger partial charge in [0.15, 0.2) is 3.77 Å². The van der Waals surface area contributed by atoms with Gasteiger partial charge in [-0.25, -0.2) is 0 Å². The van der Waals surface area contributed by atoms with Crippen LogP contribution in [0.4, 0.5) is 0 Å². The minimum absolute atomic E-state index is 0.0844. The fourth-order valence-corrected chi connectivity index (χ4v) is 2.45. The van der Waals surface area contributed by atoms with E-state index in [2.05, 4.69) is 82.0 Å². The molecule has 2 rings (SSSR count). The highest BCUT2D eigenvalue weighted by Crippen LogP contribution is 2.23. The molecule has 0 radical (unpaired) electrons. The predicted molar refractivity (Wildman–Crippen MR) is 85.4 cm³/mol. The molecule has 0 atom stereocenters. The van der Waals surface area contributed by atoms with Crippen molar-refractivity contribution in [3.8, 4) is 0 Å². The third kappa shape index (κ3) is 3.59. The van der Waals surface area contributed by atoms with Crippen LogP contribution >= 0.6 is 38.5 Å².